The standard InChI is InChI=1S/C15H13Br2ClFNO/c1-2-20-8-9-3-4-10(5-11(9)16)21-15-7-14(19)13(18)6-12(15)17/h3-7,20H,2,8H2,1H3. The Labute approximate surface area is 144 Å². The Hall–Kier alpha value is -0.620. The molecule has 2 nitrogen and oxygen atoms in total. The minimum absolute atomic E-state index is 0.0522. The third-order valence-corrected chi connectivity index (χ3v) is 4.44. The number of ether oxygens (including phenoxy) is 1. The van der Waals surface area contributed by atoms with Gasteiger partial charge in [-0.05, 0) is 46.2 Å². The summed E-state index contributed by atoms with van der Waals surface area (Å²) in [6.07, 6.45) is 0. The van der Waals surface area contributed by atoms with Gasteiger partial charge in [-0.25, -0.2) is 4.39 Å². The molecule has 6 heteroatoms. The molecule has 0 spiro atoms. The second-order valence-corrected chi connectivity index (χ2v) is 6.45. The highest BCUT2D eigenvalue weighted by Crippen LogP contribution is 2.35. The second kappa shape index (κ2) is 7.58. The molecular weight excluding hydrogens is 424 g/mol. The van der Waals surface area contributed by atoms with E-state index in [1.54, 1.807) is 0 Å². The molecule has 112 valence electrons. The normalized spacial score (nSPS) is 10.7. The van der Waals surface area contributed by atoms with Crippen molar-refractivity contribution in [2.45, 2.75) is 13.5 Å². The largest absolute Gasteiger partial charge is 0.456 e. The third kappa shape index (κ3) is 4.42. The van der Waals surface area contributed by atoms with Crippen molar-refractivity contribution in [3.05, 3.63) is 55.7 Å². The summed E-state index contributed by atoms with van der Waals surface area (Å²) in [5, 5.41) is 3.31. The zero-order chi connectivity index (χ0) is 15.4. The molecule has 0 saturated heterocycles. The lowest BCUT2D eigenvalue weighted by Gasteiger charge is -2.11. The van der Waals surface area contributed by atoms with Gasteiger partial charge in [0.15, 0.2) is 0 Å². The fourth-order valence-corrected chi connectivity index (χ4v) is 2.92. The SMILES string of the molecule is CCNCc1ccc(Oc2cc(F)c(Cl)cc2Br)cc1Br. The average Bonchev–Trinajstić information content (AvgIpc) is 2.44. The average molecular weight is 438 g/mol. The Morgan fingerprint density at radius 3 is 2.62 bits per heavy atom. The Balaban J connectivity index is 2.20. The molecule has 0 fully saturated rings. The summed E-state index contributed by atoms with van der Waals surface area (Å²) in [7, 11) is 0. The molecule has 0 saturated carbocycles. The Morgan fingerprint density at radius 2 is 1.95 bits per heavy atom. The maximum absolute atomic E-state index is 13.5. The minimum Gasteiger partial charge on any atom is -0.456 e. The van der Waals surface area contributed by atoms with Gasteiger partial charge in [0.1, 0.15) is 17.3 Å². The molecule has 0 aliphatic carbocycles. The summed E-state index contributed by atoms with van der Waals surface area (Å²) >= 11 is 12.5. The van der Waals surface area contributed by atoms with E-state index in [1.165, 1.54) is 12.1 Å². The molecule has 0 aliphatic heterocycles. The summed E-state index contributed by atoms with van der Waals surface area (Å²) in [6, 6.07) is 8.39. The van der Waals surface area contributed by atoms with E-state index in [9.17, 15) is 4.39 Å². The molecule has 2 aromatic carbocycles. The Morgan fingerprint density at radius 1 is 1.19 bits per heavy atom. The predicted molar refractivity (Wildman–Crippen MR) is 90.7 cm³/mol. The molecular formula is C15H13Br2ClFNO. The molecule has 0 bridgehead atoms. The maximum Gasteiger partial charge on any atom is 0.145 e. The zero-order valence-electron chi connectivity index (χ0n) is 11.2. The molecule has 0 amide bonds. The van der Waals surface area contributed by atoms with Crippen molar-refractivity contribution in [2.75, 3.05) is 6.54 Å². The van der Waals surface area contributed by atoms with E-state index in [0.717, 1.165) is 23.1 Å². The van der Waals surface area contributed by atoms with Crippen LogP contribution in [0.4, 0.5) is 4.39 Å². The van der Waals surface area contributed by atoms with Crippen molar-refractivity contribution in [3.8, 4) is 11.5 Å². The number of rotatable bonds is 5. The van der Waals surface area contributed by atoms with Gasteiger partial charge >= 0.3 is 0 Å². The zero-order valence-corrected chi connectivity index (χ0v) is 15.1. The number of benzene rings is 2. The van der Waals surface area contributed by atoms with Gasteiger partial charge in [0.25, 0.3) is 0 Å². The third-order valence-electron chi connectivity index (χ3n) is 2.79. The van der Waals surface area contributed by atoms with Crippen LogP contribution in [-0.4, -0.2) is 6.54 Å². The first kappa shape index (κ1) is 16.7. The van der Waals surface area contributed by atoms with Gasteiger partial charge in [0.2, 0.25) is 0 Å². The first-order chi connectivity index (χ1) is 10.0. The maximum atomic E-state index is 13.5. The highest BCUT2D eigenvalue weighted by atomic mass is 79.9. The number of hydrogen-bond donors (Lipinski definition) is 1. The van der Waals surface area contributed by atoms with Crippen molar-refractivity contribution in [1.82, 2.24) is 5.32 Å². The highest BCUT2D eigenvalue weighted by Gasteiger charge is 2.10. The van der Waals surface area contributed by atoms with Crippen LogP contribution in [0.5, 0.6) is 11.5 Å². The molecule has 0 unspecified atom stereocenters. The van der Waals surface area contributed by atoms with Crippen LogP contribution in [0.15, 0.2) is 39.3 Å². The van der Waals surface area contributed by atoms with Crippen LogP contribution < -0.4 is 10.1 Å². The van der Waals surface area contributed by atoms with Crippen LogP contribution in [0.25, 0.3) is 0 Å². The first-order valence-electron chi connectivity index (χ1n) is 6.32. The lowest BCUT2D eigenvalue weighted by molar-refractivity contribution is 0.473. The predicted octanol–water partition coefficient (Wildman–Crippen LogP) is 5.91. The highest BCUT2D eigenvalue weighted by molar-refractivity contribution is 9.10. The lowest BCUT2D eigenvalue weighted by Crippen LogP contribution is -2.11. The molecule has 2 rings (SSSR count). The smallest absolute Gasteiger partial charge is 0.145 e. The minimum atomic E-state index is -0.516. The van der Waals surface area contributed by atoms with Crippen LogP contribution in [-0.2, 0) is 6.54 Å². The molecule has 2 aromatic rings. The van der Waals surface area contributed by atoms with Gasteiger partial charge < -0.3 is 10.1 Å². The van der Waals surface area contributed by atoms with Crippen molar-refractivity contribution in [2.24, 2.45) is 0 Å². The van der Waals surface area contributed by atoms with Crippen LogP contribution in [0.1, 0.15) is 12.5 Å². The van der Waals surface area contributed by atoms with Gasteiger partial charge in [-0.3, -0.25) is 0 Å². The molecule has 0 heterocycles. The summed E-state index contributed by atoms with van der Waals surface area (Å²) in [6.45, 7) is 3.73. The molecule has 0 aromatic heterocycles. The van der Waals surface area contributed by atoms with E-state index >= 15 is 0 Å². The van der Waals surface area contributed by atoms with Crippen molar-refractivity contribution in [3.63, 3.8) is 0 Å². The Kier molecular flexibility index (Phi) is 6.05. The summed E-state index contributed by atoms with van der Waals surface area (Å²) in [4.78, 5) is 0. The van der Waals surface area contributed by atoms with E-state index in [4.69, 9.17) is 16.3 Å². The van der Waals surface area contributed by atoms with Gasteiger partial charge in [-0.15, -0.1) is 0 Å². The molecule has 0 radical (unpaired) electrons. The van der Waals surface area contributed by atoms with Crippen molar-refractivity contribution >= 4 is 43.5 Å². The Bertz CT molecular complexity index is 652. The van der Waals surface area contributed by atoms with Gasteiger partial charge in [-0.1, -0.05) is 40.5 Å². The topological polar surface area (TPSA) is 21.3 Å². The fourth-order valence-electron chi connectivity index (χ4n) is 1.70. The monoisotopic (exact) mass is 435 g/mol. The number of nitrogens with one attached hydrogen (secondary N) is 1. The molecule has 1 N–H and O–H groups in total. The van der Waals surface area contributed by atoms with Gasteiger partial charge in [0.05, 0.1) is 9.50 Å². The molecule has 0 aliphatic rings. The summed E-state index contributed by atoms with van der Waals surface area (Å²) < 4.78 is 20.7. The van der Waals surface area contributed by atoms with Crippen LogP contribution in [0.2, 0.25) is 5.02 Å². The van der Waals surface area contributed by atoms with Crippen LogP contribution in [0.3, 0.4) is 0 Å². The van der Waals surface area contributed by atoms with E-state index < -0.39 is 5.82 Å². The van der Waals surface area contributed by atoms with Crippen molar-refractivity contribution in [1.29, 1.82) is 0 Å². The lowest BCUT2D eigenvalue weighted by atomic mass is 10.2. The van der Waals surface area contributed by atoms with Crippen molar-refractivity contribution < 1.29 is 9.13 Å². The fraction of sp³-hybridized carbons (Fsp3) is 0.200. The van der Waals surface area contributed by atoms with Crippen LogP contribution >= 0.6 is 43.5 Å². The quantitative estimate of drug-likeness (QED) is 0.588. The number of hydrogen-bond acceptors (Lipinski definition) is 2. The van der Waals surface area contributed by atoms with E-state index in [2.05, 4.69) is 44.1 Å². The second-order valence-electron chi connectivity index (χ2n) is 4.33. The summed E-state index contributed by atoms with van der Waals surface area (Å²) in [5.41, 5.74) is 1.13. The molecule has 0 atom stereocenters. The van der Waals surface area contributed by atoms with E-state index in [-0.39, 0.29) is 5.02 Å². The van der Waals surface area contributed by atoms with E-state index in [1.807, 2.05) is 18.2 Å². The summed E-state index contributed by atoms with van der Waals surface area (Å²) in [5.74, 6) is 0.477. The van der Waals surface area contributed by atoms with Gasteiger partial charge in [0, 0.05) is 17.1 Å². The van der Waals surface area contributed by atoms with Gasteiger partial charge in [-0.2, -0.15) is 0 Å². The van der Waals surface area contributed by atoms with Crippen LogP contribution in [0, 0.1) is 5.82 Å². The first-order valence-corrected chi connectivity index (χ1v) is 8.29. The molecule has 21 heavy (non-hydrogen) atoms. The number of halogens is 4. The van der Waals surface area contributed by atoms with E-state index in [0.29, 0.717) is 16.0 Å².